The quantitative estimate of drug-likeness (QED) is 0.623. The van der Waals surface area contributed by atoms with Crippen LogP contribution >= 0.6 is 11.8 Å². The van der Waals surface area contributed by atoms with Crippen molar-refractivity contribution in [2.24, 2.45) is 0 Å². The summed E-state index contributed by atoms with van der Waals surface area (Å²) in [4.78, 5) is 16.1. The molecule has 0 atom stereocenters. The van der Waals surface area contributed by atoms with Crippen LogP contribution in [-0.2, 0) is 17.5 Å². The van der Waals surface area contributed by atoms with Gasteiger partial charge in [-0.25, -0.2) is 0 Å². The van der Waals surface area contributed by atoms with E-state index in [0.717, 1.165) is 23.4 Å². The van der Waals surface area contributed by atoms with Crippen LogP contribution in [0.4, 0.5) is 18.9 Å². The molecule has 3 rings (SSSR count). The van der Waals surface area contributed by atoms with Gasteiger partial charge in [-0.1, -0.05) is 23.9 Å². The number of thioether (sulfide) groups is 1. The Balaban J connectivity index is 1.70. The van der Waals surface area contributed by atoms with Gasteiger partial charge in [-0.15, -0.1) is 10.2 Å². The minimum Gasteiger partial charge on any atom is -0.325 e. The lowest BCUT2D eigenvalue weighted by Gasteiger charge is -2.13. The number of anilines is 1. The van der Waals surface area contributed by atoms with Gasteiger partial charge in [0.2, 0.25) is 5.91 Å². The predicted molar refractivity (Wildman–Crippen MR) is 99.7 cm³/mol. The molecular formula is C18H16F3N5OS. The Hall–Kier alpha value is -2.88. The number of rotatable bonds is 6. The maximum atomic E-state index is 13.0. The van der Waals surface area contributed by atoms with Crippen LogP contribution in [0, 0.1) is 0 Å². The first-order valence-corrected chi connectivity index (χ1v) is 9.31. The lowest BCUT2D eigenvalue weighted by atomic mass is 10.1. The summed E-state index contributed by atoms with van der Waals surface area (Å²) in [5.74, 6) is -0.0197. The Morgan fingerprint density at radius 3 is 2.54 bits per heavy atom. The number of carbonyl (C=O) groups is 1. The van der Waals surface area contributed by atoms with Crippen molar-refractivity contribution < 1.29 is 18.0 Å². The number of hydrogen-bond acceptors (Lipinski definition) is 5. The summed E-state index contributed by atoms with van der Waals surface area (Å²) in [6, 6.07) is 8.46. The number of amides is 1. The van der Waals surface area contributed by atoms with Gasteiger partial charge in [0.15, 0.2) is 11.0 Å². The van der Waals surface area contributed by atoms with Gasteiger partial charge < -0.3 is 9.88 Å². The van der Waals surface area contributed by atoms with Crippen molar-refractivity contribution in [3.05, 3.63) is 54.4 Å². The van der Waals surface area contributed by atoms with Gasteiger partial charge in [0.1, 0.15) is 0 Å². The van der Waals surface area contributed by atoms with Gasteiger partial charge in [0.05, 0.1) is 17.0 Å². The van der Waals surface area contributed by atoms with Crippen LogP contribution < -0.4 is 5.32 Å². The van der Waals surface area contributed by atoms with E-state index in [4.69, 9.17) is 0 Å². The number of para-hydroxylation sites is 1. The fraction of sp³-hybridized carbons (Fsp3) is 0.222. The molecule has 0 unspecified atom stereocenters. The fourth-order valence-electron chi connectivity index (χ4n) is 2.55. The third-order valence-electron chi connectivity index (χ3n) is 3.81. The molecule has 0 fully saturated rings. The van der Waals surface area contributed by atoms with Crippen molar-refractivity contribution in [3.63, 3.8) is 0 Å². The molecule has 3 aromatic rings. The van der Waals surface area contributed by atoms with Crippen LogP contribution in [0.5, 0.6) is 0 Å². The molecule has 1 N–H and O–H groups in total. The fourth-order valence-corrected chi connectivity index (χ4v) is 3.35. The molecule has 0 aliphatic carbocycles. The van der Waals surface area contributed by atoms with Gasteiger partial charge in [0.25, 0.3) is 0 Å². The Kier molecular flexibility index (Phi) is 5.98. The minimum atomic E-state index is -4.54. The molecule has 2 aromatic heterocycles. The number of halogens is 3. The molecule has 0 bridgehead atoms. The van der Waals surface area contributed by atoms with E-state index in [1.54, 1.807) is 24.5 Å². The van der Waals surface area contributed by atoms with E-state index in [-0.39, 0.29) is 11.4 Å². The first-order valence-electron chi connectivity index (χ1n) is 8.32. The lowest BCUT2D eigenvalue weighted by molar-refractivity contribution is -0.137. The van der Waals surface area contributed by atoms with Crippen molar-refractivity contribution in [2.45, 2.75) is 24.8 Å². The van der Waals surface area contributed by atoms with Crippen molar-refractivity contribution in [2.75, 3.05) is 11.1 Å². The van der Waals surface area contributed by atoms with Crippen molar-refractivity contribution in [1.82, 2.24) is 19.7 Å². The second-order valence-corrected chi connectivity index (χ2v) is 6.61. The van der Waals surface area contributed by atoms with Crippen LogP contribution in [-0.4, -0.2) is 31.4 Å². The van der Waals surface area contributed by atoms with Gasteiger partial charge in [0, 0.05) is 24.5 Å². The number of hydrogen-bond donors (Lipinski definition) is 1. The number of carbonyl (C=O) groups excluding carboxylic acids is 1. The van der Waals surface area contributed by atoms with E-state index in [0.29, 0.717) is 17.5 Å². The van der Waals surface area contributed by atoms with Crippen LogP contribution in [0.15, 0.2) is 53.9 Å². The Bertz CT molecular complexity index is 959. The van der Waals surface area contributed by atoms with E-state index in [2.05, 4.69) is 20.5 Å². The average molecular weight is 407 g/mol. The Labute approximate surface area is 163 Å². The molecule has 2 heterocycles. The molecule has 1 amide bonds. The number of benzene rings is 1. The average Bonchev–Trinajstić information content (AvgIpc) is 3.09. The lowest BCUT2D eigenvalue weighted by Crippen LogP contribution is -2.18. The molecular weight excluding hydrogens is 391 g/mol. The zero-order chi connectivity index (χ0) is 20.1. The maximum absolute atomic E-state index is 13.0. The van der Waals surface area contributed by atoms with Crippen LogP contribution in [0.2, 0.25) is 0 Å². The van der Waals surface area contributed by atoms with Crippen LogP contribution in [0.1, 0.15) is 12.5 Å². The maximum Gasteiger partial charge on any atom is 0.418 e. The monoisotopic (exact) mass is 407 g/mol. The smallest absolute Gasteiger partial charge is 0.325 e. The van der Waals surface area contributed by atoms with Crippen LogP contribution in [0.3, 0.4) is 0 Å². The zero-order valence-corrected chi connectivity index (χ0v) is 15.6. The number of nitrogens with zero attached hydrogens (tertiary/aromatic N) is 4. The molecule has 0 saturated heterocycles. The SMILES string of the molecule is CCn1c(SCC(=O)Nc2ccccc2C(F)(F)F)nnc1-c1ccncc1. The number of nitrogens with one attached hydrogen (secondary N) is 1. The summed E-state index contributed by atoms with van der Waals surface area (Å²) in [5.41, 5.74) is -0.320. The number of pyridine rings is 1. The first kappa shape index (κ1) is 19.9. The molecule has 0 saturated carbocycles. The molecule has 146 valence electrons. The molecule has 28 heavy (non-hydrogen) atoms. The number of alkyl halides is 3. The summed E-state index contributed by atoms with van der Waals surface area (Å²) in [5, 5.41) is 11.1. The Morgan fingerprint density at radius 1 is 1.14 bits per heavy atom. The largest absolute Gasteiger partial charge is 0.418 e. The third-order valence-corrected chi connectivity index (χ3v) is 4.78. The second kappa shape index (κ2) is 8.42. The van der Waals surface area contributed by atoms with Crippen molar-refractivity contribution >= 4 is 23.4 Å². The minimum absolute atomic E-state index is 0.0966. The van der Waals surface area contributed by atoms with Gasteiger partial charge in [-0.05, 0) is 31.2 Å². The molecule has 6 nitrogen and oxygen atoms in total. The van der Waals surface area contributed by atoms with Gasteiger partial charge >= 0.3 is 6.18 Å². The van der Waals surface area contributed by atoms with E-state index >= 15 is 0 Å². The van der Waals surface area contributed by atoms with E-state index in [9.17, 15) is 18.0 Å². The topological polar surface area (TPSA) is 72.7 Å². The second-order valence-electron chi connectivity index (χ2n) is 5.67. The van der Waals surface area contributed by atoms with Crippen LogP contribution in [0.25, 0.3) is 11.4 Å². The first-order chi connectivity index (χ1) is 13.4. The van der Waals surface area contributed by atoms with E-state index < -0.39 is 17.6 Å². The van der Waals surface area contributed by atoms with Crippen molar-refractivity contribution in [3.8, 4) is 11.4 Å². The standard InChI is InChI=1S/C18H16F3N5OS/c1-2-26-16(12-7-9-22-10-8-12)24-25-17(26)28-11-15(27)23-14-6-4-3-5-13(14)18(19,20)21/h3-10H,2,11H2,1H3,(H,23,27). The summed E-state index contributed by atoms with van der Waals surface area (Å²) in [6.07, 6.45) is -1.26. The van der Waals surface area contributed by atoms with E-state index in [1.165, 1.54) is 18.2 Å². The van der Waals surface area contributed by atoms with Gasteiger partial charge in [-0.3, -0.25) is 9.78 Å². The molecule has 0 spiro atoms. The molecule has 1 aromatic carbocycles. The summed E-state index contributed by atoms with van der Waals surface area (Å²) in [6.45, 7) is 2.49. The zero-order valence-electron chi connectivity index (χ0n) is 14.8. The highest BCUT2D eigenvalue weighted by atomic mass is 32.2. The van der Waals surface area contributed by atoms with Gasteiger partial charge in [-0.2, -0.15) is 13.2 Å². The third kappa shape index (κ3) is 4.50. The molecule has 0 radical (unpaired) electrons. The predicted octanol–water partition coefficient (Wildman–Crippen LogP) is 4.11. The normalized spacial score (nSPS) is 11.4. The van der Waals surface area contributed by atoms with E-state index in [1.807, 2.05) is 11.5 Å². The highest BCUT2D eigenvalue weighted by Crippen LogP contribution is 2.34. The number of aromatic nitrogens is 4. The molecule has 0 aliphatic rings. The molecule has 10 heteroatoms. The van der Waals surface area contributed by atoms with Crippen molar-refractivity contribution in [1.29, 1.82) is 0 Å². The summed E-state index contributed by atoms with van der Waals surface area (Å²) in [7, 11) is 0. The highest BCUT2D eigenvalue weighted by Gasteiger charge is 2.33. The Morgan fingerprint density at radius 2 is 1.86 bits per heavy atom. The highest BCUT2D eigenvalue weighted by molar-refractivity contribution is 7.99. The summed E-state index contributed by atoms with van der Waals surface area (Å²) < 4.78 is 40.9. The summed E-state index contributed by atoms with van der Waals surface area (Å²) >= 11 is 1.11. The molecule has 0 aliphatic heterocycles.